The Morgan fingerprint density at radius 3 is 3.04 bits per heavy atom. The van der Waals surface area contributed by atoms with E-state index in [9.17, 15) is 0 Å². The van der Waals surface area contributed by atoms with Gasteiger partial charge < -0.3 is 19.5 Å². The SMILES string of the molecule is Cc1nnc(CN=C(NCCc2cccs2)N2CCC3(CCOC3)C2)n1C. The third-order valence-electron chi connectivity index (χ3n) is 5.71. The minimum Gasteiger partial charge on any atom is -0.381 e. The summed E-state index contributed by atoms with van der Waals surface area (Å²) in [6, 6.07) is 4.29. The number of aromatic nitrogens is 3. The molecule has 0 radical (unpaired) electrons. The highest BCUT2D eigenvalue weighted by atomic mass is 32.1. The van der Waals surface area contributed by atoms with E-state index in [1.54, 1.807) is 11.3 Å². The molecule has 2 saturated heterocycles. The van der Waals surface area contributed by atoms with Crippen LogP contribution in [0, 0.1) is 12.3 Å². The van der Waals surface area contributed by atoms with E-state index < -0.39 is 0 Å². The number of thiophene rings is 1. The lowest BCUT2D eigenvalue weighted by Crippen LogP contribution is -2.42. The Labute approximate surface area is 164 Å². The van der Waals surface area contributed by atoms with Gasteiger partial charge >= 0.3 is 0 Å². The first-order valence-corrected chi connectivity index (χ1v) is 10.5. The van der Waals surface area contributed by atoms with Gasteiger partial charge in [0.05, 0.1) is 6.61 Å². The van der Waals surface area contributed by atoms with E-state index in [0.29, 0.717) is 12.0 Å². The summed E-state index contributed by atoms with van der Waals surface area (Å²) in [6.07, 6.45) is 3.36. The van der Waals surface area contributed by atoms with Crippen molar-refractivity contribution < 1.29 is 4.74 Å². The standard InChI is InChI=1S/C19H28N6OS/c1-15-22-23-17(24(15)2)12-21-18(20-8-5-16-4-3-11-27-16)25-9-6-19(13-25)7-10-26-14-19/h3-4,11H,5-10,12-14H2,1-2H3,(H,20,21). The maximum absolute atomic E-state index is 5.68. The molecule has 0 amide bonds. The van der Waals surface area contributed by atoms with Gasteiger partial charge in [0, 0.05) is 43.6 Å². The molecule has 0 aliphatic carbocycles. The molecule has 2 aromatic heterocycles. The molecule has 2 aromatic rings. The minimum absolute atomic E-state index is 0.317. The number of rotatable bonds is 5. The van der Waals surface area contributed by atoms with Gasteiger partial charge in [-0.2, -0.15) is 0 Å². The Morgan fingerprint density at radius 2 is 2.33 bits per heavy atom. The average molecular weight is 389 g/mol. The van der Waals surface area contributed by atoms with E-state index in [-0.39, 0.29) is 0 Å². The van der Waals surface area contributed by atoms with Crippen LogP contribution in [0.15, 0.2) is 22.5 Å². The Morgan fingerprint density at radius 1 is 1.41 bits per heavy atom. The summed E-state index contributed by atoms with van der Waals surface area (Å²) >= 11 is 1.81. The second-order valence-corrected chi connectivity index (χ2v) is 8.62. The van der Waals surface area contributed by atoms with Crippen molar-refractivity contribution in [2.75, 3.05) is 32.8 Å². The molecular weight excluding hydrogens is 360 g/mol. The van der Waals surface area contributed by atoms with E-state index in [0.717, 1.165) is 63.3 Å². The lowest BCUT2D eigenvalue weighted by Gasteiger charge is -2.25. The molecular formula is C19H28N6OS. The number of hydrogen-bond donors (Lipinski definition) is 1. The van der Waals surface area contributed by atoms with E-state index in [4.69, 9.17) is 9.73 Å². The highest BCUT2D eigenvalue weighted by molar-refractivity contribution is 7.09. The average Bonchev–Trinajstić information content (AvgIpc) is 3.46. The van der Waals surface area contributed by atoms with Gasteiger partial charge in [0.1, 0.15) is 12.4 Å². The van der Waals surface area contributed by atoms with Crippen LogP contribution in [0.1, 0.15) is 29.4 Å². The molecule has 1 N–H and O–H groups in total. The van der Waals surface area contributed by atoms with Crippen molar-refractivity contribution in [1.82, 2.24) is 25.0 Å². The highest BCUT2D eigenvalue weighted by Gasteiger charge is 2.42. The highest BCUT2D eigenvalue weighted by Crippen LogP contribution is 2.38. The number of aliphatic imine (C=N–C) groups is 1. The molecule has 1 spiro atoms. The Hall–Kier alpha value is -1.93. The zero-order valence-corrected chi connectivity index (χ0v) is 17.0. The summed E-state index contributed by atoms with van der Waals surface area (Å²) in [5, 5.41) is 14.1. The number of aryl methyl sites for hydroxylation is 1. The third kappa shape index (κ3) is 4.16. The molecule has 0 saturated carbocycles. The van der Waals surface area contributed by atoms with Gasteiger partial charge in [0.15, 0.2) is 11.8 Å². The molecule has 27 heavy (non-hydrogen) atoms. The second-order valence-electron chi connectivity index (χ2n) is 7.59. The molecule has 0 aromatic carbocycles. The molecule has 2 aliphatic rings. The van der Waals surface area contributed by atoms with Gasteiger partial charge in [-0.15, -0.1) is 21.5 Å². The van der Waals surface area contributed by atoms with Crippen LogP contribution in [-0.4, -0.2) is 58.5 Å². The van der Waals surface area contributed by atoms with Gasteiger partial charge in [0.25, 0.3) is 0 Å². The number of guanidine groups is 1. The molecule has 2 aliphatic heterocycles. The first-order chi connectivity index (χ1) is 13.2. The quantitative estimate of drug-likeness (QED) is 0.627. The topological polar surface area (TPSA) is 67.6 Å². The Balaban J connectivity index is 1.44. The van der Waals surface area contributed by atoms with E-state index in [1.807, 2.05) is 18.5 Å². The molecule has 4 heterocycles. The fourth-order valence-electron chi connectivity index (χ4n) is 3.84. The zero-order chi connectivity index (χ0) is 18.7. The largest absolute Gasteiger partial charge is 0.381 e. The van der Waals surface area contributed by atoms with Gasteiger partial charge in [-0.3, -0.25) is 0 Å². The van der Waals surface area contributed by atoms with Gasteiger partial charge in [-0.05, 0) is 37.6 Å². The lowest BCUT2D eigenvalue weighted by molar-refractivity contribution is 0.156. The molecule has 7 nitrogen and oxygen atoms in total. The molecule has 0 bridgehead atoms. The van der Waals surface area contributed by atoms with E-state index in [1.165, 1.54) is 11.3 Å². The molecule has 4 rings (SSSR count). The number of nitrogens with one attached hydrogen (secondary N) is 1. The van der Waals surface area contributed by atoms with Crippen LogP contribution in [0.4, 0.5) is 0 Å². The number of hydrogen-bond acceptors (Lipinski definition) is 5. The Bertz CT molecular complexity index is 778. The monoisotopic (exact) mass is 388 g/mol. The zero-order valence-electron chi connectivity index (χ0n) is 16.1. The smallest absolute Gasteiger partial charge is 0.194 e. The summed E-state index contributed by atoms with van der Waals surface area (Å²) < 4.78 is 7.68. The maximum Gasteiger partial charge on any atom is 0.194 e. The second kappa shape index (κ2) is 7.98. The van der Waals surface area contributed by atoms with Crippen molar-refractivity contribution in [2.45, 2.75) is 32.7 Å². The predicted octanol–water partition coefficient (Wildman–Crippen LogP) is 1.99. The molecule has 1 unspecified atom stereocenters. The molecule has 1 atom stereocenters. The summed E-state index contributed by atoms with van der Waals surface area (Å²) in [4.78, 5) is 8.69. The van der Waals surface area contributed by atoms with Crippen LogP contribution < -0.4 is 5.32 Å². The summed E-state index contributed by atoms with van der Waals surface area (Å²) in [6.45, 7) is 7.22. The predicted molar refractivity (Wildman–Crippen MR) is 107 cm³/mol. The minimum atomic E-state index is 0.317. The van der Waals surface area contributed by atoms with Crippen LogP contribution >= 0.6 is 11.3 Å². The van der Waals surface area contributed by atoms with Crippen molar-refractivity contribution in [3.8, 4) is 0 Å². The van der Waals surface area contributed by atoms with Crippen molar-refractivity contribution in [3.63, 3.8) is 0 Å². The number of nitrogens with zero attached hydrogens (tertiary/aromatic N) is 5. The van der Waals surface area contributed by atoms with Crippen LogP contribution in [0.3, 0.4) is 0 Å². The molecule has 146 valence electrons. The van der Waals surface area contributed by atoms with Crippen LogP contribution in [0.2, 0.25) is 0 Å². The van der Waals surface area contributed by atoms with Crippen molar-refractivity contribution in [1.29, 1.82) is 0 Å². The van der Waals surface area contributed by atoms with Crippen molar-refractivity contribution >= 4 is 17.3 Å². The van der Waals surface area contributed by atoms with Crippen molar-refractivity contribution in [2.24, 2.45) is 17.5 Å². The van der Waals surface area contributed by atoms with Gasteiger partial charge in [0.2, 0.25) is 0 Å². The van der Waals surface area contributed by atoms with E-state index in [2.05, 4.69) is 37.9 Å². The van der Waals surface area contributed by atoms with Crippen LogP contribution in [0.5, 0.6) is 0 Å². The van der Waals surface area contributed by atoms with Crippen molar-refractivity contribution in [3.05, 3.63) is 34.0 Å². The van der Waals surface area contributed by atoms with E-state index >= 15 is 0 Å². The fraction of sp³-hybridized carbons (Fsp3) is 0.632. The first-order valence-electron chi connectivity index (χ1n) is 9.63. The van der Waals surface area contributed by atoms with Gasteiger partial charge in [-0.1, -0.05) is 6.07 Å². The summed E-state index contributed by atoms with van der Waals surface area (Å²) in [7, 11) is 1.99. The molecule has 2 fully saturated rings. The number of likely N-dealkylation sites (tertiary alicyclic amines) is 1. The summed E-state index contributed by atoms with van der Waals surface area (Å²) in [5.74, 6) is 2.79. The normalized spacial score (nSPS) is 22.9. The van der Waals surface area contributed by atoms with Gasteiger partial charge in [-0.25, -0.2) is 4.99 Å². The summed E-state index contributed by atoms with van der Waals surface area (Å²) in [5.41, 5.74) is 0.317. The van der Waals surface area contributed by atoms with Crippen LogP contribution in [-0.2, 0) is 24.8 Å². The third-order valence-corrected chi connectivity index (χ3v) is 6.65. The number of ether oxygens (including phenoxy) is 1. The maximum atomic E-state index is 5.68. The Kier molecular flexibility index (Phi) is 5.45. The van der Waals surface area contributed by atoms with Crippen LogP contribution in [0.25, 0.3) is 0 Å². The lowest BCUT2D eigenvalue weighted by atomic mass is 9.87. The molecule has 8 heteroatoms. The first kappa shape index (κ1) is 18.4. The fourth-order valence-corrected chi connectivity index (χ4v) is 4.55.